The molecule has 1 N–H and O–H groups in total. The van der Waals surface area contributed by atoms with E-state index in [9.17, 15) is 4.79 Å². The summed E-state index contributed by atoms with van der Waals surface area (Å²) >= 11 is 0. The van der Waals surface area contributed by atoms with Crippen LogP contribution in [0.25, 0.3) is 16.9 Å². The number of hydrogen-bond acceptors (Lipinski definition) is 4. The second kappa shape index (κ2) is 8.11. The number of rotatable bonds is 5. The van der Waals surface area contributed by atoms with Crippen molar-refractivity contribution in [2.24, 2.45) is 5.10 Å². The molecule has 6 heteroatoms. The van der Waals surface area contributed by atoms with Crippen LogP contribution in [-0.4, -0.2) is 29.2 Å². The lowest BCUT2D eigenvalue weighted by Gasteiger charge is -2.02. The lowest BCUT2D eigenvalue weighted by molar-refractivity contribution is 0.171. The van der Waals surface area contributed by atoms with Crippen LogP contribution >= 0.6 is 0 Å². The lowest BCUT2D eigenvalue weighted by atomic mass is 10.1. The minimum Gasteiger partial charge on any atom is -0.452 e. The highest BCUT2D eigenvalue weighted by Crippen LogP contribution is 2.23. The van der Waals surface area contributed by atoms with E-state index < -0.39 is 6.09 Å². The summed E-state index contributed by atoms with van der Waals surface area (Å²) < 4.78 is 6.31. The maximum atomic E-state index is 11.2. The fourth-order valence-electron chi connectivity index (χ4n) is 2.52. The molecule has 26 heavy (non-hydrogen) atoms. The molecule has 0 unspecified atom stereocenters. The highest BCUT2D eigenvalue weighted by Gasteiger charge is 2.11. The number of amides is 1. The Labute approximate surface area is 152 Å². The van der Waals surface area contributed by atoms with Gasteiger partial charge in [-0.25, -0.2) is 14.9 Å². The predicted molar refractivity (Wildman–Crippen MR) is 102 cm³/mol. The highest BCUT2D eigenvalue weighted by molar-refractivity contribution is 5.89. The maximum Gasteiger partial charge on any atom is 0.427 e. The van der Waals surface area contributed by atoms with Crippen LogP contribution in [0.1, 0.15) is 18.1 Å². The van der Waals surface area contributed by atoms with Gasteiger partial charge < -0.3 is 4.74 Å². The van der Waals surface area contributed by atoms with Crippen molar-refractivity contribution in [3.63, 3.8) is 0 Å². The number of carbonyl (C=O) groups is 1. The van der Waals surface area contributed by atoms with E-state index in [1.165, 1.54) is 12.7 Å². The van der Waals surface area contributed by atoms with Crippen molar-refractivity contribution in [1.82, 2.24) is 15.2 Å². The Kier molecular flexibility index (Phi) is 5.43. The van der Waals surface area contributed by atoms with Gasteiger partial charge in [-0.15, -0.1) is 0 Å². The van der Waals surface area contributed by atoms with Crippen molar-refractivity contribution >= 4 is 12.3 Å². The van der Waals surface area contributed by atoms with Crippen LogP contribution in [0.4, 0.5) is 4.79 Å². The molecule has 0 radical (unpaired) electrons. The summed E-state index contributed by atoms with van der Waals surface area (Å²) in [7, 11) is 1.29. The van der Waals surface area contributed by atoms with Crippen LogP contribution in [0, 0.1) is 0 Å². The molecule has 0 aliphatic rings. The molecular formula is C20H20N4O2. The van der Waals surface area contributed by atoms with Gasteiger partial charge in [0.2, 0.25) is 0 Å². The Hall–Kier alpha value is -3.41. The molecule has 0 fully saturated rings. The molecule has 0 aliphatic carbocycles. The molecule has 0 saturated carbocycles. The summed E-state index contributed by atoms with van der Waals surface area (Å²) in [5.74, 6) is 0. The Balaban J connectivity index is 1.99. The van der Waals surface area contributed by atoms with E-state index in [1.807, 2.05) is 48.7 Å². The van der Waals surface area contributed by atoms with Crippen molar-refractivity contribution in [3.8, 4) is 16.9 Å². The molecular weight excluding hydrogens is 328 g/mol. The van der Waals surface area contributed by atoms with Gasteiger partial charge in [0, 0.05) is 17.3 Å². The Bertz CT molecular complexity index is 899. The fourth-order valence-corrected chi connectivity index (χ4v) is 2.52. The van der Waals surface area contributed by atoms with Gasteiger partial charge in [0.05, 0.1) is 19.0 Å². The van der Waals surface area contributed by atoms with Crippen LogP contribution in [-0.2, 0) is 11.2 Å². The van der Waals surface area contributed by atoms with Gasteiger partial charge in [0.15, 0.2) is 0 Å². The van der Waals surface area contributed by atoms with Crippen molar-refractivity contribution in [3.05, 3.63) is 71.9 Å². The summed E-state index contributed by atoms with van der Waals surface area (Å²) in [4.78, 5) is 11.2. The monoisotopic (exact) mass is 348 g/mol. The van der Waals surface area contributed by atoms with Gasteiger partial charge in [0.1, 0.15) is 5.69 Å². The first-order valence-electron chi connectivity index (χ1n) is 8.32. The van der Waals surface area contributed by atoms with Crippen LogP contribution in [0.5, 0.6) is 0 Å². The van der Waals surface area contributed by atoms with Crippen molar-refractivity contribution in [2.45, 2.75) is 13.3 Å². The molecule has 3 rings (SSSR count). The number of nitrogens with one attached hydrogen (secondary N) is 1. The third-order valence-corrected chi connectivity index (χ3v) is 3.94. The number of nitrogens with zero attached hydrogens (tertiary/aromatic N) is 3. The largest absolute Gasteiger partial charge is 0.452 e. The molecule has 0 atom stereocenters. The van der Waals surface area contributed by atoms with E-state index in [2.05, 4.69) is 34.3 Å². The van der Waals surface area contributed by atoms with E-state index in [-0.39, 0.29) is 0 Å². The van der Waals surface area contributed by atoms with Crippen LogP contribution in [0.3, 0.4) is 0 Å². The number of ether oxygens (including phenoxy) is 1. The van der Waals surface area contributed by atoms with E-state index >= 15 is 0 Å². The summed E-state index contributed by atoms with van der Waals surface area (Å²) in [5.41, 5.74) is 7.06. The number of hydrazone groups is 1. The molecule has 1 aromatic heterocycles. The fraction of sp³-hybridized carbons (Fsp3) is 0.150. The third-order valence-electron chi connectivity index (χ3n) is 3.94. The quantitative estimate of drug-likeness (QED) is 0.563. The zero-order valence-electron chi connectivity index (χ0n) is 14.7. The molecule has 0 saturated heterocycles. The summed E-state index contributed by atoms with van der Waals surface area (Å²) in [6.07, 6.45) is 3.80. The minimum absolute atomic E-state index is 0.620. The summed E-state index contributed by atoms with van der Waals surface area (Å²) in [6, 6.07) is 18.1. The first-order chi connectivity index (χ1) is 12.7. The van der Waals surface area contributed by atoms with Gasteiger partial charge in [-0.1, -0.05) is 49.4 Å². The average Bonchev–Trinajstić information content (AvgIpc) is 3.12. The number of methoxy groups -OCH3 is 1. The van der Waals surface area contributed by atoms with Gasteiger partial charge in [0.25, 0.3) is 0 Å². The van der Waals surface area contributed by atoms with Gasteiger partial charge in [-0.05, 0) is 24.1 Å². The van der Waals surface area contributed by atoms with E-state index in [0.717, 1.165) is 28.9 Å². The molecule has 1 amide bonds. The Morgan fingerprint density at radius 2 is 1.92 bits per heavy atom. The zero-order chi connectivity index (χ0) is 18.4. The normalized spacial score (nSPS) is 10.8. The minimum atomic E-state index is -0.620. The molecule has 132 valence electrons. The van der Waals surface area contributed by atoms with Gasteiger partial charge in [-0.2, -0.15) is 10.2 Å². The number of para-hydroxylation sites is 1. The molecule has 2 aromatic carbocycles. The topological polar surface area (TPSA) is 68.5 Å². The second-order valence-corrected chi connectivity index (χ2v) is 5.63. The highest BCUT2D eigenvalue weighted by atomic mass is 16.5. The van der Waals surface area contributed by atoms with Gasteiger partial charge in [-0.3, -0.25) is 0 Å². The van der Waals surface area contributed by atoms with Gasteiger partial charge >= 0.3 is 6.09 Å². The number of benzene rings is 2. The zero-order valence-corrected chi connectivity index (χ0v) is 14.7. The average molecular weight is 348 g/mol. The first kappa shape index (κ1) is 17.4. The lowest BCUT2D eigenvalue weighted by Crippen LogP contribution is -2.16. The Morgan fingerprint density at radius 3 is 2.58 bits per heavy atom. The second-order valence-electron chi connectivity index (χ2n) is 5.63. The molecule has 6 nitrogen and oxygen atoms in total. The van der Waals surface area contributed by atoms with E-state index in [1.54, 1.807) is 10.9 Å². The maximum absolute atomic E-state index is 11.2. The number of hydrogen-bond donors (Lipinski definition) is 1. The molecule has 1 heterocycles. The van der Waals surface area contributed by atoms with Crippen molar-refractivity contribution in [2.75, 3.05) is 7.11 Å². The molecule has 3 aromatic rings. The molecule has 0 bridgehead atoms. The van der Waals surface area contributed by atoms with Crippen LogP contribution < -0.4 is 5.43 Å². The van der Waals surface area contributed by atoms with Crippen molar-refractivity contribution < 1.29 is 9.53 Å². The van der Waals surface area contributed by atoms with Crippen LogP contribution in [0.2, 0.25) is 0 Å². The van der Waals surface area contributed by atoms with Crippen LogP contribution in [0.15, 0.2) is 65.9 Å². The first-order valence-corrected chi connectivity index (χ1v) is 8.32. The molecule has 0 aliphatic heterocycles. The standard InChI is InChI=1S/C20H20N4O2/c1-3-15-9-11-16(12-10-15)19-17(13-21-22-20(25)26-2)14-24(23-19)18-7-5-4-6-8-18/h4-14H,3H2,1-2H3,(H,22,25)/b21-13-. The predicted octanol–water partition coefficient (Wildman–Crippen LogP) is 3.79. The number of carbonyl (C=O) groups excluding carboxylic acids is 1. The summed E-state index contributed by atoms with van der Waals surface area (Å²) in [5, 5.41) is 8.64. The number of aromatic nitrogens is 2. The van der Waals surface area contributed by atoms with E-state index in [4.69, 9.17) is 5.10 Å². The smallest absolute Gasteiger partial charge is 0.427 e. The number of aryl methyl sites for hydroxylation is 1. The summed E-state index contributed by atoms with van der Waals surface area (Å²) in [6.45, 7) is 2.12. The SMILES string of the molecule is CCc1ccc(-c2nn(-c3ccccc3)cc2/C=N\NC(=O)OC)cc1. The third kappa shape index (κ3) is 3.97. The Morgan fingerprint density at radius 1 is 1.19 bits per heavy atom. The van der Waals surface area contributed by atoms with E-state index in [0.29, 0.717) is 0 Å². The van der Waals surface area contributed by atoms with Crippen molar-refractivity contribution in [1.29, 1.82) is 0 Å². The molecule has 0 spiro atoms.